The van der Waals surface area contributed by atoms with Gasteiger partial charge in [0.15, 0.2) is 0 Å². The monoisotopic (exact) mass is 1060 g/mol. The number of allylic oxidation sites excluding steroid dienone is 1. The lowest BCUT2D eigenvalue weighted by molar-refractivity contribution is -0.140. The first-order valence-corrected chi connectivity index (χ1v) is 28.4. The summed E-state index contributed by atoms with van der Waals surface area (Å²) >= 11 is 13.4. The molecule has 0 bridgehead atoms. The largest absolute Gasteiger partial charge is 0.506 e. The molecule has 0 aromatic heterocycles. The number of fused-ring (bicyclic) bond motifs is 5. The summed E-state index contributed by atoms with van der Waals surface area (Å²) < 4.78 is 0. The van der Waals surface area contributed by atoms with Gasteiger partial charge in [0.2, 0.25) is 0 Å². The molecule has 75 heavy (non-hydrogen) atoms. The van der Waals surface area contributed by atoms with E-state index in [1.165, 1.54) is 88.5 Å². The Labute approximate surface area is 454 Å². The van der Waals surface area contributed by atoms with Gasteiger partial charge in [-0.05, 0) is 181 Å². The summed E-state index contributed by atoms with van der Waals surface area (Å²) in [7, 11) is 0. The van der Waals surface area contributed by atoms with Gasteiger partial charge in [-0.1, -0.05) is 144 Å². The molecule has 0 spiro atoms. The van der Waals surface area contributed by atoms with Gasteiger partial charge < -0.3 is 31.1 Å². The molecule has 6 N–H and O–H groups in total. The van der Waals surface area contributed by atoms with Crippen LogP contribution in [0.25, 0.3) is 5.57 Å². The number of carbonyl (C=O) groups is 4. The third-order valence-corrected chi connectivity index (χ3v) is 19.5. The maximum atomic E-state index is 14.0. The minimum atomic E-state index is -1.33. The van der Waals surface area contributed by atoms with Crippen LogP contribution in [0.2, 0.25) is 10.0 Å². The smallest absolute Gasteiger partial charge is 0.326 e. The predicted molar refractivity (Wildman–Crippen MR) is 297 cm³/mol. The molecule has 402 valence electrons. The van der Waals surface area contributed by atoms with Crippen molar-refractivity contribution in [1.82, 2.24) is 10.6 Å². The Balaban J connectivity index is 1.04. The summed E-state index contributed by atoms with van der Waals surface area (Å²) in [6.07, 6.45) is 19.1. The number of phenols is 2. The number of carboxylic acids is 2. The lowest BCUT2D eigenvalue weighted by atomic mass is 9.44. The molecule has 4 aliphatic carbocycles. The van der Waals surface area contributed by atoms with Crippen LogP contribution in [0, 0.1) is 58.2 Å². The second-order valence-corrected chi connectivity index (χ2v) is 24.7. The van der Waals surface area contributed by atoms with E-state index in [9.17, 15) is 39.6 Å². The molecule has 4 saturated carbocycles. The lowest BCUT2D eigenvalue weighted by Crippen LogP contribution is -2.53. The molecule has 0 saturated heterocycles. The fraction of sp³-hybridized carbons (Fsp3) is 0.524. The SMILES string of the molecule is CC(C)CCC[C@@H](C)[C@H]1CC[C@H]2[C@@H]3CC[C@H]4C[C@@H](CCC=C(c5cc(Cl)c(O)c(C(=O)N[C@@H](Cc6ccccc6)C(=O)O)c5)c5cc(Cl)c(O)c(C(=O)N[C@@H](Cc6ccccc6)C(=O)O)c5)CC[C@]4(C)[C@H]3CC[C@]12C. The van der Waals surface area contributed by atoms with E-state index >= 15 is 0 Å². The Bertz CT molecular complexity index is 2600. The van der Waals surface area contributed by atoms with E-state index in [1.807, 2.05) is 18.2 Å². The Morgan fingerprint density at radius 2 is 1.19 bits per heavy atom. The predicted octanol–water partition coefficient (Wildman–Crippen LogP) is 14.2. The summed E-state index contributed by atoms with van der Waals surface area (Å²) in [5.74, 6) is 0.606. The maximum Gasteiger partial charge on any atom is 0.326 e. The first-order chi connectivity index (χ1) is 35.8. The van der Waals surface area contributed by atoms with Crippen LogP contribution in [0.3, 0.4) is 0 Å². The van der Waals surface area contributed by atoms with Crippen molar-refractivity contribution in [3.63, 3.8) is 0 Å². The van der Waals surface area contributed by atoms with Crippen LogP contribution in [-0.2, 0) is 22.4 Å². The highest BCUT2D eigenvalue weighted by molar-refractivity contribution is 6.33. The van der Waals surface area contributed by atoms with Gasteiger partial charge in [0.25, 0.3) is 11.8 Å². The van der Waals surface area contributed by atoms with Crippen LogP contribution in [0.15, 0.2) is 91.0 Å². The zero-order valence-corrected chi connectivity index (χ0v) is 45.9. The van der Waals surface area contributed by atoms with Crippen LogP contribution in [0.5, 0.6) is 11.5 Å². The van der Waals surface area contributed by atoms with Crippen LogP contribution in [-0.4, -0.2) is 56.3 Å². The van der Waals surface area contributed by atoms with Crippen molar-refractivity contribution >= 4 is 52.5 Å². The number of aliphatic carboxylic acids is 2. The van der Waals surface area contributed by atoms with Crippen molar-refractivity contribution in [2.45, 2.75) is 149 Å². The van der Waals surface area contributed by atoms with Gasteiger partial charge in [0.05, 0.1) is 21.2 Å². The van der Waals surface area contributed by atoms with E-state index in [0.717, 1.165) is 54.8 Å². The zero-order chi connectivity index (χ0) is 53.8. The standard InChI is InChI=1S/C63H78Cl2N2O8/c1-37(2)14-12-15-38(3)49-24-25-50-46-23-22-44-30-41(26-28-62(44,4)51(46)27-29-63(49,50)5)20-13-21-45(42-33-47(56(68)52(64)35-42)58(70)66-54(60(72)73)31-39-16-8-6-9-17-39)43-34-48(57(69)53(65)36-43)59(71)67-55(61(74)75)32-40-18-10-7-11-19-40/h6-11,16-19,21,33-38,41,44,46,49-51,54-55,68-69H,12-15,20,22-32H2,1-5H3,(H,66,70)(H,67,71)(H,72,73)(H,74,75)/t38-,41+,44+,46+,49-,50+,51+,54+,55+,62+,63-/m1/s1. The molecule has 2 amide bonds. The molecule has 10 nitrogen and oxygen atoms in total. The number of hydrogen-bond acceptors (Lipinski definition) is 6. The van der Waals surface area contributed by atoms with Gasteiger partial charge in [0.1, 0.15) is 23.6 Å². The molecule has 4 aromatic carbocycles. The van der Waals surface area contributed by atoms with Gasteiger partial charge in [-0.2, -0.15) is 0 Å². The molecule has 0 heterocycles. The lowest BCUT2D eigenvalue weighted by Gasteiger charge is -2.61. The minimum absolute atomic E-state index is 0.00686. The van der Waals surface area contributed by atoms with Crippen LogP contribution < -0.4 is 10.6 Å². The third-order valence-electron chi connectivity index (χ3n) is 18.9. The number of carbonyl (C=O) groups excluding carboxylic acids is 2. The van der Waals surface area contributed by atoms with Gasteiger partial charge in [0, 0.05) is 12.8 Å². The number of phenolic OH excluding ortho intramolecular Hbond substituents is 2. The van der Waals surface area contributed by atoms with E-state index in [4.69, 9.17) is 23.2 Å². The molecule has 0 aliphatic heterocycles. The Morgan fingerprint density at radius 3 is 1.71 bits per heavy atom. The van der Waals surface area contributed by atoms with E-state index in [-0.39, 0.29) is 34.0 Å². The highest BCUT2D eigenvalue weighted by atomic mass is 35.5. The van der Waals surface area contributed by atoms with Gasteiger partial charge in [-0.15, -0.1) is 0 Å². The number of benzene rings is 4. The number of nitrogens with one attached hydrogen (secondary N) is 2. The summed E-state index contributed by atoms with van der Waals surface area (Å²) in [6, 6.07) is 21.0. The van der Waals surface area contributed by atoms with Crippen LogP contribution in [0.1, 0.15) is 167 Å². The summed E-state index contributed by atoms with van der Waals surface area (Å²) in [6.45, 7) is 12.5. The minimum Gasteiger partial charge on any atom is -0.506 e. The van der Waals surface area contributed by atoms with Crippen molar-refractivity contribution < 1.29 is 39.6 Å². The van der Waals surface area contributed by atoms with Crippen LogP contribution in [0.4, 0.5) is 0 Å². The van der Waals surface area contributed by atoms with Crippen molar-refractivity contribution in [2.24, 2.45) is 58.2 Å². The van der Waals surface area contributed by atoms with Gasteiger partial charge in [-0.25, -0.2) is 9.59 Å². The summed E-state index contributed by atoms with van der Waals surface area (Å²) in [5.41, 5.74) is 2.88. The number of carboxylic acid groups (broad SMARTS) is 2. The number of halogens is 2. The van der Waals surface area contributed by atoms with E-state index in [0.29, 0.717) is 56.9 Å². The molecule has 11 atom stereocenters. The van der Waals surface area contributed by atoms with Crippen molar-refractivity contribution in [1.29, 1.82) is 0 Å². The number of hydrogen-bond donors (Lipinski definition) is 6. The normalized spacial score (nSPS) is 26.2. The molecule has 0 unspecified atom stereocenters. The Hall–Kier alpha value is -5.32. The van der Waals surface area contributed by atoms with Gasteiger partial charge in [-0.3, -0.25) is 9.59 Å². The average molecular weight is 1060 g/mol. The first-order valence-electron chi connectivity index (χ1n) is 27.7. The molecule has 12 heteroatoms. The number of amides is 2. The molecule has 4 fully saturated rings. The Morgan fingerprint density at radius 1 is 0.667 bits per heavy atom. The molecule has 8 rings (SSSR count). The molecular weight excluding hydrogens is 984 g/mol. The molecule has 4 aliphatic rings. The van der Waals surface area contributed by atoms with Crippen molar-refractivity contribution in [3.05, 3.63) is 134 Å². The highest BCUT2D eigenvalue weighted by Crippen LogP contribution is 2.69. The maximum absolute atomic E-state index is 14.0. The molecular formula is C63H78Cl2N2O8. The number of aromatic hydroxyl groups is 2. The zero-order valence-electron chi connectivity index (χ0n) is 44.4. The topological polar surface area (TPSA) is 173 Å². The fourth-order valence-corrected chi connectivity index (χ4v) is 15.4. The second-order valence-electron chi connectivity index (χ2n) is 23.8. The Kier molecular flexibility index (Phi) is 17.8. The molecule has 0 radical (unpaired) electrons. The van der Waals surface area contributed by atoms with E-state index in [1.54, 1.807) is 48.5 Å². The highest BCUT2D eigenvalue weighted by Gasteiger charge is 2.60. The average Bonchev–Trinajstić information content (AvgIpc) is 3.76. The van der Waals surface area contributed by atoms with Crippen molar-refractivity contribution in [2.75, 3.05) is 0 Å². The van der Waals surface area contributed by atoms with E-state index < -0.39 is 47.3 Å². The second kappa shape index (κ2) is 23.9. The van der Waals surface area contributed by atoms with Crippen molar-refractivity contribution in [3.8, 4) is 11.5 Å². The quantitative estimate of drug-likeness (QED) is 0.0507. The summed E-state index contributed by atoms with van der Waals surface area (Å²) in [5, 5.41) is 47.6. The first kappa shape index (κ1) is 55.9. The summed E-state index contributed by atoms with van der Waals surface area (Å²) in [4.78, 5) is 52.9. The molecule has 4 aromatic rings. The third kappa shape index (κ3) is 12.4. The van der Waals surface area contributed by atoms with Crippen LogP contribution >= 0.6 is 23.2 Å². The van der Waals surface area contributed by atoms with E-state index in [2.05, 4.69) is 45.3 Å². The fourth-order valence-electron chi connectivity index (χ4n) is 14.9. The van der Waals surface area contributed by atoms with Gasteiger partial charge >= 0.3 is 11.9 Å². The number of rotatable bonds is 20.